The van der Waals surface area contributed by atoms with E-state index in [0.717, 1.165) is 21.6 Å². The molecule has 20 N–H and O–H groups in total. The SMILES string of the molecule is NC(=O)CC[C@@H]1NC(=O)[C@H](Cc2ccccc2)NC(=O)[C@H](Cc2ccc(O)cc2)NC(=O)[C@@H](N)CSSC[C@@H](C(=O)N2CCC[C@H]2C(=O)N[C@H](CCCN=C(N)N)C(=O)NCC(N)=O)NC(=O)[C@H](CC(N)=O)NC1=O. The fourth-order valence-corrected chi connectivity index (χ4v) is 10.1. The summed E-state index contributed by atoms with van der Waals surface area (Å²) in [5, 5.41) is 27.6. The highest BCUT2D eigenvalue weighted by Crippen LogP contribution is 2.26. The average molecular weight is 1080 g/mol. The molecular formula is C46H65N15O12S2. The zero-order valence-corrected chi connectivity index (χ0v) is 42.5. The zero-order chi connectivity index (χ0) is 55.2. The number of likely N-dealkylation sites (tertiary alicyclic amines) is 1. The van der Waals surface area contributed by atoms with Gasteiger partial charge < -0.3 is 81.6 Å². The predicted molar refractivity (Wildman–Crippen MR) is 276 cm³/mol. The molecule has 408 valence electrons. The van der Waals surface area contributed by atoms with Gasteiger partial charge >= 0.3 is 0 Å². The molecule has 11 amide bonds. The number of hydrogen-bond acceptors (Lipinski definition) is 16. The number of aromatic hydroxyl groups is 1. The molecule has 0 bridgehead atoms. The van der Waals surface area contributed by atoms with E-state index in [1.165, 1.54) is 29.2 Å². The summed E-state index contributed by atoms with van der Waals surface area (Å²) in [6, 6.07) is 2.80. The highest BCUT2D eigenvalue weighted by atomic mass is 33.1. The number of carbonyl (C=O) groups is 11. The Morgan fingerprint density at radius 1 is 0.707 bits per heavy atom. The largest absolute Gasteiger partial charge is 0.508 e. The molecule has 2 aliphatic rings. The highest BCUT2D eigenvalue weighted by Gasteiger charge is 2.40. The molecule has 0 aromatic heterocycles. The lowest BCUT2D eigenvalue weighted by molar-refractivity contribution is -0.142. The first-order valence-corrected chi connectivity index (χ1v) is 26.2. The van der Waals surface area contributed by atoms with Gasteiger partial charge in [-0.05, 0) is 55.4 Å². The molecule has 2 fully saturated rings. The second-order valence-electron chi connectivity index (χ2n) is 17.6. The molecular weight excluding hydrogens is 1020 g/mol. The van der Waals surface area contributed by atoms with Crippen LogP contribution < -0.4 is 71.6 Å². The smallest absolute Gasteiger partial charge is 0.246 e. The number of hydrogen-bond donors (Lipinski definition) is 14. The van der Waals surface area contributed by atoms with E-state index < -0.39 is 139 Å². The molecule has 75 heavy (non-hydrogen) atoms. The molecule has 0 unspecified atom stereocenters. The maximum absolute atomic E-state index is 14.6. The number of carbonyl (C=O) groups excluding carboxylic acids is 11. The Morgan fingerprint density at radius 2 is 1.28 bits per heavy atom. The van der Waals surface area contributed by atoms with E-state index in [1.807, 2.05) is 0 Å². The molecule has 2 aromatic rings. The molecule has 2 heterocycles. The minimum atomic E-state index is -1.80. The fraction of sp³-hybridized carbons (Fsp3) is 0.478. The number of nitrogens with two attached hydrogens (primary N) is 6. The summed E-state index contributed by atoms with van der Waals surface area (Å²) in [5.74, 6) is -10.5. The Labute approximate surface area is 439 Å². The summed E-state index contributed by atoms with van der Waals surface area (Å²) in [6.07, 6.45) is -1.38. The van der Waals surface area contributed by atoms with E-state index in [-0.39, 0.29) is 68.4 Å². The van der Waals surface area contributed by atoms with Gasteiger partial charge in [0, 0.05) is 43.9 Å². The van der Waals surface area contributed by atoms with Gasteiger partial charge in [0.2, 0.25) is 65.0 Å². The van der Waals surface area contributed by atoms with E-state index in [1.54, 1.807) is 30.3 Å². The summed E-state index contributed by atoms with van der Waals surface area (Å²) in [4.78, 5) is 153. The molecule has 0 spiro atoms. The van der Waals surface area contributed by atoms with Crippen molar-refractivity contribution in [3.63, 3.8) is 0 Å². The van der Waals surface area contributed by atoms with Crippen LogP contribution in [0.4, 0.5) is 0 Å². The van der Waals surface area contributed by atoms with E-state index in [4.69, 9.17) is 34.4 Å². The molecule has 2 aliphatic heterocycles. The fourth-order valence-electron chi connectivity index (χ4n) is 7.80. The summed E-state index contributed by atoms with van der Waals surface area (Å²) < 4.78 is 0. The van der Waals surface area contributed by atoms with Gasteiger partial charge in [0.15, 0.2) is 5.96 Å². The van der Waals surface area contributed by atoms with Crippen molar-refractivity contribution < 1.29 is 57.8 Å². The number of phenolic OH excluding ortho intramolecular Hbond substituents is 1. The second-order valence-corrected chi connectivity index (χ2v) is 20.2. The molecule has 0 aliphatic carbocycles. The van der Waals surface area contributed by atoms with E-state index in [2.05, 4.69) is 42.2 Å². The molecule has 4 rings (SSSR count). The van der Waals surface area contributed by atoms with Crippen molar-refractivity contribution in [3.8, 4) is 5.75 Å². The van der Waals surface area contributed by atoms with Crippen molar-refractivity contribution in [2.75, 3.05) is 31.1 Å². The van der Waals surface area contributed by atoms with Crippen molar-refractivity contribution in [1.29, 1.82) is 0 Å². The molecule has 0 saturated carbocycles. The Kier molecular flexibility index (Phi) is 23.9. The van der Waals surface area contributed by atoms with Crippen LogP contribution >= 0.6 is 21.6 Å². The van der Waals surface area contributed by atoms with Gasteiger partial charge in [0.05, 0.1) is 19.0 Å². The number of benzene rings is 2. The minimum Gasteiger partial charge on any atom is -0.508 e. The third-order valence-corrected chi connectivity index (χ3v) is 14.1. The predicted octanol–water partition coefficient (Wildman–Crippen LogP) is -5.40. The van der Waals surface area contributed by atoms with Gasteiger partial charge in [0.1, 0.15) is 48.0 Å². The lowest BCUT2D eigenvalue weighted by Crippen LogP contribution is -2.61. The number of phenols is 1. The van der Waals surface area contributed by atoms with Gasteiger partial charge in [-0.1, -0.05) is 64.1 Å². The normalized spacial score (nSPS) is 22.6. The third kappa shape index (κ3) is 20.3. The van der Waals surface area contributed by atoms with Crippen molar-refractivity contribution >= 4 is 92.5 Å². The molecule has 29 heteroatoms. The van der Waals surface area contributed by atoms with Crippen LogP contribution in [0.1, 0.15) is 56.1 Å². The number of nitrogens with one attached hydrogen (secondary N) is 7. The molecule has 27 nitrogen and oxygen atoms in total. The number of aliphatic imine (C=N–C) groups is 1. The first-order valence-electron chi connectivity index (χ1n) is 23.7. The monoisotopic (exact) mass is 1080 g/mol. The second kappa shape index (κ2) is 29.9. The van der Waals surface area contributed by atoms with E-state index in [0.29, 0.717) is 17.5 Å². The van der Waals surface area contributed by atoms with Crippen LogP contribution in [0, 0.1) is 0 Å². The molecule has 8 atom stereocenters. The third-order valence-electron chi connectivity index (χ3n) is 11.6. The van der Waals surface area contributed by atoms with Crippen LogP contribution in [0.15, 0.2) is 59.6 Å². The van der Waals surface area contributed by atoms with Gasteiger partial charge in [-0.3, -0.25) is 57.7 Å². The zero-order valence-electron chi connectivity index (χ0n) is 40.8. The summed E-state index contributed by atoms with van der Waals surface area (Å²) in [5.41, 5.74) is 34.4. The Morgan fingerprint density at radius 3 is 1.89 bits per heavy atom. The quantitative estimate of drug-likeness (QED) is 0.0270. The number of nitrogens with zero attached hydrogens (tertiary/aromatic N) is 2. The van der Waals surface area contributed by atoms with Crippen molar-refractivity contribution in [2.24, 2.45) is 39.4 Å². The first kappa shape index (κ1) is 59.9. The van der Waals surface area contributed by atoms with Crippen LogP contribution in [0.2, 0.25) is 0 Å². The molecule has 0 radical (unpaired) electrons. The van der Waals surface area contributed by atoms with Gasteiger partial charge in [0.25, 0.3) is 0 Å². The maximum Gasteiger partial charge on any atom is 0.246 e. The van der Waals surface area contributed by atoms with Crippen LogP contribution in [-0.4, -0.2) is 160 Å². The van der Waals surface area contributed by atoms with Crippen molar-refractivity contribution in [1.82, 2.24) is 42.1 Å². The standard InChI is InChI=1S/C46H65N15O12S2/c47-27-22-74-75-23-33(45(73)61-17-5-9-34(61)44(72)56-28(8-4-16-53-46(51)52)39(67)54-21-37(50)65)60-43(71)32(20-36(49)64)59-40(68)29(14-15-35(48)63)55-41(69)31(18-24-6-2-1-3-7-24)58-42(70)30(57-38(27)66)19-25-10-12-26(62)13-11-25/h1-3,6-7,10-13,27-34,62H,4-5,8-9,14-23,47H2,(H2,48,63)(H2,49,64)(H2,50,65)(H,54,67)(H,55,69)(H,56,72)(H,57,66)(H,58,70)(H,59,68)(H,60,71)(H4,51,52,53)/t27-,28+,29-,30-,31-,32-,33-,34-/m0/s1. The van der Waals surface area contributed by atoms with Crippen LogP contribution in [-0.2, 0) is 65.6 Å². The van der Waals surface area contributed by atoms with Crippen LogP contribution in [0.25, 0.3) is 0 Å². The summed E-state index contributed by atoms with van der Waals surface area (Å²) in [6.45, 7) is -0.443. The van der Waals surface area contributed by atoms with Crippen LogP contribution in [0.3, 0.4) is 0 Å². The lowest BCUT2D eigenvalue weighted by Gasteiger charge is -2.31. The van der Waals surface area contributed by atoms with Gasteiger partial charge in [-0.2, -0.15) is 0 Å². The summed E-state index contributed by atoms with van der Waals surface area (Å²) in [7, 11) is 1.99. The molecule has 2 aromatic carbocycles. The lowest BCUT2D eigenvalue weighted by atomic mass is 10.0. The summed E-state index contributed by atoms with van der Waals surface area (Å²) >= 11 is 0. The minimum absolute atomic E-state index is 0.00106. The van der Waals surface area contributed by atoms with E-state index >= 15 is 0 Å². The van der Waals surface area contributed by atoms with Crippen molar-refractivity contribution in [2.45, 2.75) is 106 Å². The topological polar surface area (TPSA) is 464 Å². The Hall–Kier alpha value is -7.66. The average Bonchev–Trinajstić information content (AvgIpc) is 3.86. The van der Waals surface area contributed by atoms with Crippen molar-refractivity contribution in [3.05, 3.63) is 65.7 Å². The van der Waals surface area contributed by atoms with Gasteiger partial charge in [-0.25, -0.2) is 0 Å². The number of guanidine groups is 1. The number of amides is 11. The van der Waals surface area contributed by atoms with Crippen LogP contribution in [0.5, 0.6) is 5.75 Å². The Bertz CT molecular complexity index is 2420. The number of primary amides is 3. The first-order chi connectivity index (χ1) is 35.6. The molecule has 2 saturated heterocycles. The van der Waals surface area contributed by atoms with Gasteiger partial charge in [-0.15, -0.1) is 0 Å². The number of rotatable bonds is 19. The Balaban J connectivity index is 1.71. The maximum atomic E-state index is 14.6. The van der Waals surface area contributed by atoms with E-state index in [9.17, 15) is 57.8 Å². The highest BCUT2D eigenvalue weighted by molar-refractivity contribution is 8.76.